The molecule has 0 aromatic heterocycles. The van der Waals surface area contributed by atoms with Gasteiger partial charge < -0.3 is 0 Å². The number of alkyl halides is 3. The Kier molecular flexibility index (Phi) is 6.86. The van der Waals surface area contributed by atoms with Crippen LogP contribution < -0.4 is 0 Å². The fourth-order valence-corrected chi connectivity index (χ4v) is 7.80. The van der Waals surface area contributed by atoms with Gasteiger partial charge >= 0.3 is 0 Å². The summed E-state index contributed by atoms with van der Waals surface area (Å²) in [5.74, 6) is 0. The number of nitrogens with zero attached hydrogens (tertiary/aromatic N) is 1. The van der Waals surface area contributed by atoms with Crippen LogP contribution in [0.4, 0.5) is 0 Å². The predicted octanol–water partition coefficient (Wildman–Crippen LogP) is 5.26. The summed E-state index contributed by atoms with van der Waals surface area (Å²) in [6.45, 7) is 0. The Morgan fingerprint density at radius 1 is 0.857 bits per heavy atom. The Labute approximate surface area is 147 Å². The van der Waals surface area contributed by atoms with Crippen LogP contribution in [-0.4, -0.2) is 26.5 Å². The summed E-state index contributed by atoms with van der Waals surface area (Å²) in [4.78, 5) is 0. The van der Waals surface area contributed by atoms with Crippen LogP contribution >= 0.6 is 46.8 Å². The summed E-state index contributed by atoms with van der Waals surface area (Å²) in [7, 11) is -3.41. The van der Waals surface area contributed by atoms with Gasteiger partial charge in [-0.2, -0.15) is 0 Å². The third-order valence-electron chi connectivity index (χ3n) is 4.29. The maximum absolute atomic E-state index is 13.0. The minimum atomic E-state index is -3.41. The SMILES string of the molecule is O=S(=O)(C1CCCCC1)N(SC(Cl)(Cl)Cl)C1CCCCC1. The van der Waals surface area contributed by atoms with Gasteiger partial charge in [0.05, 0.1) is 5.25 Å². The molecule has 2 aliphatic rings. The quantitative estimate of drug-likeness (QED) is 0.482. The second-order valence-corrected chi connectivity index (χ2v) is 12.4. The van der Waals surface area contributed by atoms with Gasteiger partial charge in [-0.1, -0.05) is 73.3 Å². The summed E-state index contributed by atoms with van der Waals surface area (Å²) in [5.41, 5.74) is 0. The molecule has 0 spiro atoms. The molecular formula is C13H22Cl3NO2S2. The molecule has 124 valence electrons. The molecule has 0 saturated heterocycles. The maximum atomic E-state index is 13.0. The minimum absolute atomic E-state index is 0.0358. The molecule has 0 atom stereocenters. The molecule has 0 radical (unpaired) electrons. The summed E-state index contributed by atoms with van der Waals surface area (Å²) >= 11 is 18.5. The van der Waals surface area contributed by atoms with Crippen molar-refractivity contribution in [1.82, 2.24) is 3.71 Å². The Hall–Kier alpha value is 1.13. The number of halogens is 3. The molecular weight excluding hydrogens is 373 g/mol. The van der Waals surface area contributed by atoms with Crippen LogP contribution in [0.15, 0.2) is 0 Å². The third kappa shape index (κ3) is 5.32. The zero-order chi connectivity index (χ0) is 15.5. The van der Waals surface area contributed by atoms with Gasteiger partial charge in [-0.25, -0.2) is 8.42 Å². The number of hydrogen-bond donors (Lipinski definition) is 0. The van der Waals surface area contributed by atoms with E-state index in [1.54, 1.807) is 0 Å². The van der Waals surface area contributed by atoms with Crippen molar-refractivity contribution >= 4 is 56.8 Å². The first-order valence-electron chi connectivity index (χ1n) is 7.60. The van der Waals surface area contributed by atoms with Gasteiger partial charge in [0, 0.05) is 6.04 Å². The summed E-state index contributed by atoms with van der Waals surface area (Å²) in [6.07, 6.45) is 9.49. The van der Waals surface area contributed by atoms with Crippen molar-refractivity contribution < 1.29 is 8.42 Å². The van der Waals surface area contributed by atoms with E-state index in [2.05, 4.69) is 0 Å². The Balaban J connectivity index is 2.19. The zero-order valence-corrected chi connectivity index (χ0v) is 15.8. The highest BCUT2D eigenvalue weighted by Crippen LogP contribution is 2.46. The van der Waals surface area contributed by atoms with Gasteiger partial charge in [-0.15, -0.1) is 3.71 Å². The second-order valence-electron chi connectivity index (χ2n) is 5.89. The molecule has 0 aromatic rings. The van der Waals surface area contributed by atoms with E-state index in [4.69, 9.17) is 34.8 Å². The largest absolute Gasteiger partial charge is 0.252 e. The Morgan fingerprint density at radius 3 is 1.81 bits per heavy atom. The standard InChI is InChI=1S/C13H22Cl3NO2S2/c14-13(15,16)20-17(11-7-3-1-4-8-11)21(18,19)12-9-5-2-6-10-12/h11-12H,1-10H2. The zero-order valence-electron chi connectivity index (χ0n) is 11.9. The highest BCUT2D eigenvalue weighted by Gasteiger charge is 2.42. The number of rotatable bonds is 4. The first-order chi connectivity index (χ1) is 9.81. The lowest BCUT2D eigenvalue weighted by Gasteiger charge is -2.37. The maximum Gasteiger partial charge on any atom is 0.252 e. The fourth-order valence-electron chi connectivity index (χ4n) is 3.24. The summed E-state index contributed by atoms with van der Waals surface area (Å²) in [5, 5.41) is -0.312. The number of sulfonamides is 1. The molecule has 8 heteroatoms. The van der Waals surface area contributed by atoms with Crippen LogP contribution in [0.25, 0.3) is 0 Å². The van der Waals surface area contributed by atoms with E-state index >= 15 is 0 Å². The average Bonchev–Trinajstić information content (AvgIpc) is 2.46. The topological polar surface area (TPSA) is 37.4 Å². The normalized spacial score (nSPS) is 23.6. The van der Waals surface area contributed by atoms with Crippen molar-refractivity contribution in [2.45, 2.75) is 78.6 Å². The fraction of sp³-hybridized carbons (Fsp3) is 1.00. The lowest BCUT2D eigenvalue weighted by atomic mass is 9.96. The highest BCUT2D eigenvalue weighted by molar-refractivity contribution is 8.12. The van der Waals surface area contributed by atoms with Crippen LogP contribution in [0.5, 0.6) is 0 Å². The van der Waals surface area contributed by atoms with Gasteiger partial charge in [-0.05, 0) is 37.6 Å². The molecule has 0 aliphatic heterocycles. The molecule has 0 heterocycles. The van der Waals surface area contributed by atoms with Crippen molar-refractivity contribution in [3.8, 4) is 0 Å². The van der Waals surface area contributed by atoms with Gasteiger partial charge in [-0.3, -0.25) is 0 Å². The van der Waals surface area contributed by atoms with Crippen molar-refractivity contribution in [3.63, 3.8) is 0 Å². The average molecular weight is 395 g/mol. The third-order valence-corrected chi connectivity index (χ3v) is 8.56. The van der Waals surface area contributed by atoms with Crippen molar-refractivity contribution in [1.29, 1.82) is 0 Å². The van der Waals surface area contributed by atoms with Crippen LogP contribution in [0.2, 0.25) is 0 Å². The van der Waals surface area contributed by atoms with Crippen LogP contribution in [0.1, 0.15) is 64.2 Å². The molecule has 21 heavy (non-hydrogen) atoms. The van der Waals surface area contributed by atoms with Crippen LogP contribution in [0.3, 0.4) is 0 Å². The molecule has 0 bridgehead atoms. The van der Waals surface area contributed by atoms with E-state index < -0.39 is 13.1 Å². The molecule has 0 amide bonds. The highest BCUT2D eigenvalue weighted by atomic mass is 35.6. The summed E-state index contributed by atoms with van der Waals surface area (Å²) < 4.78 is 25.8. The van der Waals surface area contributed by atoms with E-state index in [1.165, 1.54) is 3.71 Å². The van der Waals surface area contributed by atoms with Crippen molar-refractivity contribution in [2.75, 3.05) is 0 Å². The summed E-state index contributed by atoms with van der Waals surface area (Å²) in [6, 6.07) is -0.0358. The van der Waals surface area contributed by atoms with Crippen LogP contribution in [-0.2, 0) is 10.0 Å². The monoisotopic (exact) mass is 393 g/mol. The molecule has 3 nitrogen and oxygen atoms in total. The van der Waals surface area contributed by atoms with Gasteiger partial charge in [0.15, 0.2) is 0 Å². The van der Waals surface area contributed by atoms with E-state index in [-0.39, 0.29) is 11.3 Å². The van der Waals surface area contributed by atoms with Gasteiger partial charge in [0.1, 0.15) is 0 Å². The molecule has 2 saturated carbocycles. The van der Waals surface area contributed by atoms with E-state index in [1.807, 2.05) is 0 Å². The predicted molar refractivity (Wildman–Crippen MR) is 92.4 cm³/mol. The number of hydrogen-bond acceptors (Lipinski definition) is 3. The molecule has 0 aromatic carbocycles. The molecule has 0 unspecified atom stereocenters. The first kappa shape index (κ1) is 18.5. The van der Waals surface area contributed by atoms with Crippen LogP contribution in [0, 0.1) is 0 Å². The van der Waals surface area contributed by atoms with Crippen molar-refractivity contribution in [2.24, 2.45) is 0 Å². The Bertz CT molecular complexity index is 427. The van der Waals surface area contributed by atoms with Gasteiger partial charge in [0.25, 0.3) is 3.12 Å². The van der Waals surface area contributed by atoms with E-state index in [0.29, 0.717) is 0 Å². The van der Waals surface area contributed by atoms with Crippen molar-refractivity contribution in [3.05, 3.63) is 0 Å². The smallest absolute Gasteiger partial charge is 0.211 e. The van der Waals surface area contributed by atoms with Gasteiger partial charge in [0.2, 0.25) is 10.0 Å². The molecule has 2 rings (SSSR count). The second kappa shape index (κ2) is 7.80. The minimum Gasteiger partial charge on any atom is -0.211 e. The molecule has 2 aliphatic carbocycles. The van der Waals surface area contributed by atoms with E-state index in [9.17, 15) is 8.42 Å². The lowest BCUT2D eigenvalue weighted by molar-refractivity contribution is 0.338. The lowest BCUT2D eigenvalue weighted by Crippen LogP contribution is -2.43. The molecule has 0 N–H and O–H groups in total. The molecule has 2 fully saturated rings. The first-order valence-corrected chi connectivity index (χ1v) is 11.0. The van der Waals surface area contributed by atoms with E-state index in [0.717, 1.165) is 76.2 Å². The Morgan fingerprint density at radius 2 is 1.33 bits per heavy atom.